The van der Waals surface area contributed by atoms with Gasteiger partial charge in [-0.2, -0.15) is 0 Å². The van der Waals surface area contributed by atoms with Crippen LogP contribution in [0.2, 0.25) is 0 Å². The van der Waals surface area contributed by atoms with Gasteiger partial charge in [-0.05, 0) is 73.3 Å². The third-order valence-corrected chi connectivity index (χ3v) is 11.5. The zero-order chi connectivity index (χ0) is 32.5. The number of rotatable bonds is 13. The predicted molar refractivity (Wildman–Crippen MR) is 176 cm³/mol. The average Bonchev–Trinajstić information content (AvgIpc) is 3.38. The van der Waals surface area contributed by atoms with Gasteiger partial charge in [0.1, 0.15) is 12.1 Å². The van der Waals surface area contributed by atoms with Crippen LogP contribution in [0.15, 0.2) is 60.7 Å². The van der Waals surface area contributed by atoms with Crippen molar-refractivity contribution in [3.8, 4) is 0 Å². The van der Waals surface area contributed by atoms with Gasteiger partial charge in [-0.15, -0.1) is 0 Å². The summed E-state index contributed by atoms with van der Waals surface area (Å²) < 4.78 is 13.4. The summed E-state index contributed by atoms with van der Waals surface area (Å²) in [7, 11) is -0.560. The minimum atomic E-state index is -1.29. The fourth-order valence-corrected chi connectivity index (χ4v) is 8.39. The van der Waals surface area contributed by atoms with E-state index in [2.05, 4.69) is 36.7 Å². The van der Waals surface area contributed by atoms with Gasteiger partial charge in [-0.25, -0.2) is 4.79 Å². The van der Waals surface area contributed by atoms with Gasteiger partial charge in [0.25, 0.3) is 0 Å². The number of hydrogen-bond acceptors (Lipinski definition) is 5. The predicted octanol–water partition coefficient (Wildman–Crippen LogP) is 4.93. The minimum Gasteiger partial charge on any atom is -0.465 e. The molecule has 2 aromatic carbocycles. The molecule has 5 fully saturated rings. The zero-order valence-electron chi connectivity index (χ0n) is 27.2. The normalized spacial score (nSPS) is 28.1. The molecule has 1 unspecified atom stereocenters. The molecule has 2 bridgehead atoms. The Kier molecular flexibility index (Phi) is 9.49. The summed E-state index contributed by atoms with van der Waals surface area (Å²) >= 11 is 0. The lowest BCUT2D eigenvalue weighted by Crippen LogP contribution is -2.65. The van der Waals surface area contributed by atoms with Crippen molar-refractivity contribution in [2.45, 2.75) is 108 Å². The molecule has 2 aromatic rings. The number of carbonyl (C=O) groups excluding carboxylic acids is 2. The van der Waals surface area contributed by atoms with Crippen molar-refractivity contribution in [3.63, 3.8) is 0 Å². The molecule has 5 aliphatic rings. The molecule has 0 spiro atoms. The molecule has 46 heavy (non-hydrogen) atoms. The van der Waals surface area contributed by atoms with Crippen LogP contribution in [-0.2, 0) is 31.7 Å². The Morgan fingerprint density at radius 3 is 2.15 bits per heavy atom. The number of carboxylic acid groups (broad SMARTS) is 1. The third-order valence-electron chi connectivity index (χ3n) is 11.5. The minimum absolute atomic E-state index is 0.00218. The molecule has 246 valence electrons. The van der Waals surface area contributed by atoms with Crippen LogP contribution in [0.5, 0.6) is 0 Å². The fourth-order valence-electron chi connectivity index (χ4n) is 8.39. The van der Waals surface area contributed by atoms with Crippen LogP contribution in [0.3, 0.4) is 0 Å². The summed E-state index contributed by atoms with van der Waals surface area (Å²) in [5, 5.41) is 18.1. The smallest absolute Gasteiger partial charge is 0.465 e. The van der Waals surface area contributed by atoms with Crippen LogP contribution < -0.4 is 16.0 Å². The molecule has 3 amide bonds. The highest BCUT2D eigenvalue weighted by molar-refractivity contribution is 6.48. The van der Waals surface area contributed by atoms with Crippen molar-refractivity contribution in [1.82, 2.24) is 16.0 Å². The number of nitrogens with one attached hydrogen (secondary N) is 3. The van der Waals surface area contributed by atoms with Crippen molar-refractivity contribution in [2.75, 3.05) is 0 Å². The topological polar surface area (TPSA) is 126 Å². The summed E-state index contributed by atoms with van der Waals surface area (Å²) in [6.07, 6.45) is 6.03. The second-order valence-electron chi connectivity index (χ2n) is 14.8. The van der Waals surface area contributed by atoms with E-state index in [4.69, 9.17) is 9.31 Å². The van der Waals surface area contributed by atoms with Gasteiger partial charge in [-0.3, -0.25) is 9.59 Å². The number of benzene rings is 2. The first kappa shape index (κ1) is 32.6. The summed E-state index contributed by atoms with van der Waals surface area (Å²) in [4.78, 5) is 39.5. The number of carbonyl (C=O) groups is 3. The molecule has 1 heterocycles. The van der Waals surface area contributed by atoms with E-state index in [1.54, 1.807) is 0 Å². The van der Waals surface area contributed by atoms with E-state index in [0.717, 1.165) is 43.2 Å². The Morgan fingerprint density at radius 2 is 1.54 bits per heavy atom. The first-order valence-corrected chi connectivity index (χ1v) is 17.0. The molecule has 7 atom stereocenters. The van der Waals surface area contributed by atoms with Gasteiger partial charge in [0.2, 0.25) is 11.8 Å². The molecule has 0 radical (unpaired) electrons. The summed E-state index contributed by atoms with van der Waals surface area (Å²) in [6.45, 7) is 6.85. The molecule has 4 saturated carbocycles. The summed E-state index contributed by atoms with van der Waals surface area (Å²) in [5.41, 5.74) is 1.70. The standard InChI is InChI=1S/C36H48BN3O6/c1-35(2)26-21-29(35)36(3)30(22-26)45-37(46-36)31(20-25-15-10-16-25)40-33(42)28(19-24-13-8-5-9-14-24)38-32(41)27(39-34(43)44)18-17-23-11-6-4-7-12-23/h4-9,11-14,25-31,39H,10,15-22H2,1-3H3,(H,38,41)(H,40,42)(H,43,44)/t26?,27-,28-,29-,30+,31-,36-/m0/s1. The lowest BCUT2D eigenvalue weighted by atomic mass is 9.43. The van der Waals surface area contributed by atoms with Crippen LogP contribution in [0, 0.1) is 23.2 Å². The Balaban J connectivity index is 1.19. The molecule has 9 nitrogen and oxygen atoms in total. The Bertz CT molecular complexity index is 1390. The van der Waals surface area contributed by atoms with Gasteiger partial charge in [0, 0.05) is 6.42 Å². The van der Waals surface area contributed by atoms with E-state index < -0.39 is 36.8 Å². The molecule has 1 aliphatic heterocycles. The van der Waals surface area contributed by atoms with Crippen molar-refractivity contribution >= 4 is 25.0 Å². The Hall–Kier alpha value is -3.37. The molecule has 0 aromatic heterocycles. The van der Waals surface area contributed by atoms with E-state index in [-0.39, 0.29) is 36.2 Å². The van der Waals surface area contributed by atoms with Gasteiger partial charge in [0.15, 0.2) is 0 Å². The number of hydrogen-bond donors (Lipinski definition) is 4. The highest BCUT2D eigenvalue weighted by atomic mass is 16.7. The van der Waals surface area contributed by atoms with Gasteiger partial charge < -0.3 is 30.4 Å². The Morgan fingerprint density at radius 1 is 0.891 bits per heavy atom. The van der Waals surface area contributed by atoms with E-state index in [0.29, 0.717) is 24.2 Å². The molecule has 7 rings (SSSR count). The van der Waals surface area contributed by atoms with Crippen molar-refractivity contribution < 1.29 is 28.8 Å². The van der Waals surface area contributed by atoms with Crippen LogP contribution in [0.25, 0.3) is 0 Å². The SMILES string of the molecule is CC1(C)C2C[C@H]3OB([C@H](CC4CCC4)NC(=O)[C@H](Cc4ccccc4)NC(=O)[C@H](CCc4ccccc4)NC(=O)O)O[C@@]3(C)[C@H]1C2. The molecule has 4 N–H and O–H groups in total. The quantitative estimate of drug-likeness (QED) is 0.233. The monoisotopic (exact) mass is 629 g/mol. The van der Waals surface area contributed by atoms with Crippen molar-refractivity contribution in [3.05, 3.63) is 71.8 Å². The van der Waals surface area contributed by atoms with Gasteiger partial charge >= 0.3 is 13.2 Å². The van der Waals surface area contributed by atoms with Crippen molar-refractivity contribution in [2.24, 2.45) is 23.2 Å². The first-order valence-electron chi connectivity index (χ1n) is 17.0. The number of amides is 3. The molecular weight excluding hydrogens is 581 g/mol. The fraction of sp³-hybridized carbons (Fsp3) is 0.583. The third kappa shape index (κ3) is 6.84. The van der Waals surface area contributed by atoms with Crippen molar-refractivity contribution in [1.29, 1.82) is 0 Å². The van der Waals surface area contributed by atoms with Gasteiger partial charge in [0.05, 0.1) is 17.6 Å². The molecule has 4 aliphatic carbocycles. The molecule has 10 heteroatoms. The van der Waals surface area contributed by atoms with E-state index in [1.807, 2.05) is 60.7 Å². The van der Waals surface area contributed by atoms with E-state index in [1.165, 1.54) is 6.42 Å². The summed E-state index contributed by atoms with van der Waals surface area (Å²) in [5.74, 6) is 0.309. The first-order chi connectivity index (χ1) is 22.0. The lowest BCUT2D eigenvalue weighted by molar-refractivity contribution is -0.199. The van der Waals surface area contributed by atoms with Crippen LogP contribution in [0.4, 0.5) is 4.79 Å². The highest BCUT2D eigenvalue weighted by Gasteiger charge is 2.68. The second kappa shape index (κ2) is 13.4. The van der Waals surface area contributed by atoms with Crippen LogP contribution in [-0.4, -0.2) is 59.9 Å². The lowest BCUT2D eigenvalue weighted by Gasteiger charge is -2.64. The van der Waals surface area contributed by atoms with Crippen LogP contribution in [0.1, 0.15) is 76.8 Å². The average molecular weight is 630 g/mol. The maximum atomic E-state index is 14.2. The maximum Gasteiger partial charge on any atom is 0.481 e. The molecule has 1 saturated heterocycles. The summed E-state index contributed by atoms with van der Waals surface area (Å²) in [6, 6.07) is 17.2. The largest absolute Gasteiger partial charge is 0.481 e. The van der Waals surface area contributed by atoms with E-state index in [9.17, 15) is 19.5 Å². The second-order valence-corrected chi connectivity index (χ2v) is 14.8. The zero-order valence-corrected chi connectivity index (χ0v) is 27.2. The highest BCUT2D eigenvalue weighted by Crippen LogP contribution is 2.65. The van der Waals surface area contributed by atoms with Crippen LogP contribution >= 0.6 is 0 Å². The molecular formula is C36H48BN3O6. The maximum absolute atomic E-state index is 14.2. The van der Waals surface area contributed by atoms with E-state index >= 15 is 0 Å². The number of aryl methyl sites for hydroxylation is 1. The Labute approximate surface area is 272 Å². The van der Waals surface area contributed by atoms with Gasteiger partial charge in [-0.1, -0.05) is 93.8 Å².